The number of hydrogen-bond acceptors (Lipinski definition) is 4. The third-order valence-electron chi connectivity index (χ3n) is 4.70. The van der Waals surface area contributed by atoms with Gasteiger partial charge in [-0.05, 0) is 37.3 Å². The average Bonchev–Trinajstić information content (AvgIpc) is 2.67. The summed E-state index contributed by atoms with van der Waals surface area (Å²) in [6, 6.07) is 10.3. The zero-order valence-electron chi connectivity index (χ0n) is 14.4. The van der Waals surface area contributed by atoms with Gasteiger partial charge in [-0.25, -0.2) is 0 Å². The second-order valence-corrected chi connectivity index (χ2v) is 6.33. The number of anilines is 1. The van der Waals surface area contributed by atoms with Crippen LogP contribution in [0.2, 0.25) is 0 Å². The van der Waals surface area contributed by atoms with Crippen molar-refractivity contribution in [3.8, 4) is 0 Å². The molecule has 0 spiro atoms. The van der Waals surface area contributed by atoms with Gasteiger partial charge in [-0.2, -0.15) is 13.2 Å². The van der Waals surface area contributed by atoms with Crippen LogP contribution in [0.3, 0.4) is 0 Å². The van der Waals surface area contributed by atoms with Crippen LogP contribution < -0.4 is 4.90 Å². The van der Waals surface area contributed by atoms with Gasteiger partial charge < -0.3 is 4.90 Å². The van der Waals surface area contributed by atoms with Gasteiger partial charge in [-0.1, -0.05) is 12.1 Å². The van der Waals surface area contributed by atoms with E-state index in [0.29, 0.717) is 37.6 Å². The first kappa shape index (κ1) is 18.4. The number of piperazine rings is 1. The zero-order valence-corrected chi connectivity index (χ0v) is 14.4. The first-order chi connectivity index (χ1) is 12.4. The Labute approximate surface area is 150 Å². The number of halogens is 3. The smallest absolute Gasteiger partial charge is 0.369 e. The van der Waals surface area contributed by atoms with Gasteiger partial charge in [0.25, 0.3) is 0 Å². The average molecular weight is 363 g/mol. The lowest BCUT2D eigenvalue weighted by atomic mass is 10.1. The van der Waals surface area contributed by atoms with Crippen LogP contribution in [0.15, 0.2) is 48.7 Å². The van der Waals surface area contributed by atoms with E-state index in [1.165, 1.54) is 12.1 Å². The van der Waals surface area contributed by atoms with E-state index in [-0.39, 0.29) is 11.8 Å². The summed E-state index contributed by atoms with van der Waals surface area (Å²) in [5, 5.41) is 0. The molecular formula is C19H20F3N3O. The normalized spacial score (nSPS) is 17.2. The number of pyridine rings is 1. The number of Topliss-reactive ketones (excluding diaryl/α,β-unsaturated/α-hetero) is 1. The topological polar surface area (TPSA) is 36.4 Å². The van der Waals surface area contributed by atoms with Gasteiger partial charge >= 0.3 is 6.18 Å². The van der Waals surface area contributed by atoms with Crippen LogP contribution in [0.4, 0.5) is 18.9 Å². The number of ketones is 1. The molecule has 1 fully saturated rings. The first-order valence-corrected chi connectivity index (χ1v) is 8.48. The molecule has 138 valence electrons. The van der Waals surface area contributed by atoms with Gasteiger partial charge in [0.15, 0.2) is 5.78 Å². The summed E-state index contributed by atoms with van der Waals surface area (Å²) in [5.41, 5.74) is 0.347. The summed E-state index contributed by atoms with van der Waals surface area (Å²) in [5.74, 6) is -0.0434. The maximum Gasteiger partial charge on any atom is 0.416 e. The molecule has 0 aliphatic carbocycles. The monoisotopic (exact) mass is 363 g/mol. The lowest BCUT2D eigenvalue weighted by Gasteiger charge is -2.38. The minimum absolute atomic E-state index is 0.0434. The predicted octanol–water partition coefficient (Wildman–Crippen LogP) is 3.49. The Morgan fingerprint density at radius 2 is 1.81 bits per heavy atom. The summed E-state index contributed by atoms with van der Waals surface area (Å²) < 4.78 is 38.6. The van der Waals surface area contributed by atoms with Crippen molar-refractivity contribution < 1.29 is 18.0 Å². The molecule has 1 saturated heterocycles. The molecule has 7 heteroatoms. The van der Waals surface area contributed by atoms with Gasteiger partial charge in [0.05, 0.1) is 11.6 Å². The molecule has 0 amide bonds. The Kier molecular flexibility index (Phi) is 5.27. The molecule has 0 saturated carbocycles. The van der Waals surface area contributed by atoms with Gasteiger partial charge in [-0.15, -0.1) is 0 Å². The quantitative estimate of drug-likeness (QED) is 0.779. The van der Waals surface area contributed by atoms with Crippen molar-refractivity contribution >= 4 is 11.5 Å². The molecule has 1 atom stereocenters. The van der Waals surface area contributed by atoms with E-state index < -0.39 is 11.7 Å². The number of hydrogen-bond donors (Lipinski definition) is 0. The number of carbonyl (C=O) groups excluding carboxylic acids is 1. The summed E-state index contributed by atoms with van der Waals surface area (Å²) in [7, 11) is 0. The van der Waals surface area contributed by atoms with Crippen molar-refractivity contribution in [3.63, 3.8) is 0 Å². The van der Waals surface area contributed by atoms with Crippen molar-refractivity contribution in [1.29, 1.82) is 0 Å². The summed E-state index contributed by atoms with van der Waals surface area (Å²) in [6.07, 6.45) is -2.76. The second kappa shape index (κ2) is 7.45. The fourth-order valence-corrected chi connectivity index (χ4v) is 3.13. The van der Waals surface area contributed by atoms with Crippen LogP contribution in [0, 0.1) is 0 Å². The van der Waals surface area contributed by atoms with E-state index in [4.69, 9.17) is 0 Å². The molecular weight excluding hydrogens is 343 g/mol. The van der Waals surface area contributed by atoms with E-state index in [1.807, 2.05) is 16.7 Å². The Bertz CT molecular complexity index is 756. The number of nitrogens with zero attached hydrogens (tertiary/aromatic N) is 3. The zero-order chi connectivity index (χ0) is 18.7. The molecule has 0 radical (unpaired) electrons. The number of rotatable bonds is 4. The van der Waals surface area contributed by atoms with Gasteiger partial charge in [0, 0.05) is 38.1 Å². The fraction of sp³-hybridized carbons (Fsp3) is 0.368. The van der Waals surface area contributed by atoms with Crippen LogP contribution in [-0.2, 0) is 6.18 Å². The number of benzene rings is 1. The predicted molar refractivity (Wildman–Crippen MR) is 93.3 cm³/mol. The molecule has 1 aromatic carbocycles. The third-order valence-corrected chi connectivity index (χ3v) is 4.70. The van der Waals surface area contributed by atoms with Crippen molar-refractivity contribution in [2.24, 2.45) is 0 Å². The molecule has 1 aliphatic rings. The third kappa shape index (κ3) is 4.04. The Balaban J connectivity index is 1.63. The SMILES string of the molecule is CC(C(=O)c1ccccn1)N1CCN(c2cccc(C(F)(F)F)c2)CC1. The molecule has 2 heterocycles. The summed E-state index contributed by atoms with van der Waals surface area (Å²) in [4.78, 5) is 20.6. The maximum atomic E-state index is 12.9. The molecule has 2 aromatic rings. The second-order valence-electron chi connectivity index (χ2n) is 6.33. The Morgan fingerprint density at radius 1 is 1.08 bits per heavy atom. The highest BCUT2D eigenvalue weighted by Gasteiger charge is 2.31. The Morgan fingerprint density at radius 3 is 2.42 bits per heavy atom. The molecule has 26 heavy (non-hydrogen) atoms. The maximum absolute atomic E-state index is 12.9. The van der Waals surface area contributed by atoms with Crippen LogP contribution >= 0.6 is 0 Å². The summed E-state index contributed by atoms with van der Waals surface area (Å²) in [6.45, 7) is 4.20. The van der Waals surface area contributed by atoms with E-state index in [9.17, 15) is 18.0 Å². The Hall–Kier alpha value is -2.41. The molecule has 4 nitrogen and oxygen atoms in total. The fourth-order valence-electron chi connectivity index (χ4n) is 3.13. The largest absolute Gasteiger partial charge is 0.416 e. The number of aromatic nitrogens is 1. The molecule has 0 bridgehead atoms. The highest BCUT2D eigenvalue weighted by atomic mass is 19.4. The van der Waals surface area contributed by atoms with Gasteiger partial charge in [0.2, 0.25) is 0 Å². The van der Waals surface area contributed by atoms with E-state index in [2.05, 4.69) is 4.98 Å². The molecule has 1 aliphatic heterocycles. The van der Waals surface area contributed by atoms with Crippen molar-refractivity contribution in [3.05, 3.63) is 59.9 Å². The highest BCUT2D eigenvalue weighted by Crippen LogP contribution is 2.32. The van der Waals surface area contributed by atoms with Crippen molar-refractivity contribution in [2.75, 3.05) is 31.1 Å². The lowest BCUT2D eigenvalue weighted by Crippen LogP contribution is -2.51. The van der Waals surface area contributed by atoms with Crippen molar-refractivity contribution in [2.45, 2.75) is 19.1 Å². The minimum Gasteiger partial charge on any atom is -0.369 e. The van der Waals surface area contributed by atoms with E-state index >= 15 is 0 Å². The number of alkyl halides is 3. The van der Waals surface area contributed by atoms with Crippen molar-refractivity contribution in [1.82, 2.24) is 9.88 Å². The van der Waals surface area contributed by atoms with Crippen LogP contribution in [0.25, 0.3) is 0 Å². The first-order valence-electron chi connectivity index (χ1n) is 8.48. The number of carbonyl (C=O) groups is 1. The molecule has 1 aromatic heterocycles. The van der Waals surface area contributed by atoms with Gasteiger partial charge in [0.1, 0.15) is 5.69 Å². The van der Waals surface area contributed by atoms with E-state index in [1.54, 1.807) is 30.5 Å². The summed E-state index contributed by atoms with van der Waals surface area (Å²) >= 11 is 0. The standard InChI is InChI=1S/C19H20F3N3O/c1-14(18(26)17-7-2-3-8-23-17)24-9-11-25(12-10-24)16-6-4-5-15(13-16)19(20,21)22/h2-8,13-14H,9-12H2,1H3. The van der Waals surface area contributed by atoms with Gasteiger partial charge in [-0.3, -0.25) is 14.7 Å². The van der Waals surface area contributed by atoms with E-state index in [0.717, 1.165) is 6.07 Å². The molecule has 1 unspecified atom stereocenters. The molecule has 3 rings (SSSR count). The van der Waals surface area contributed by atoms with Crippen LogP contribution in [0.1, 0.15) is 23.0 Å². The lowest BCUT2D eigenvalue weighted by molar-refractivity contribution is -0.137. The van der Waals surface area contributed by atoms with Crippen LogP contribution in [0.5, 0.6) is 0 Å². The molecule has 0 N–H and O–H groups in total. The minimum atomic E-state index is -4.35. The highest BCUT2D eigenvalue weighted by molar-refractivity contribution is 5.98. The van der Waals surface area contributed by atoms with Crippen LogP contribution in [-0.4, -0.2) is 47.9 Å².